The Balaban J connectivity index is 4.56. The first-order valence-electron chi connectivity index (χ1n) is 5.81. The summed E-state index contributed by atoms with van der Waals surface area (Å²) in [4.78, 5) is 20.4. The third kappa shape index (κ3) is 10.0. The minimum atomic E-state index is -4.32. The fourth-order valence-corrected chi connectivity index (χ4v) is 2.19. The first-order valence-corrected chi connectivity index (χ1v) is 7.30. The Hall–Kier alpha value is -0.460. The maximum atomic E-state index is 11.6. The number of rotatable bonds is 6. The van der Waals surface area contributed by atoms with Gasteiger partial charge in [0.2, 0.25) is 0 Å². The van der Waals surface area contributed by atoms with Crippen LogP contribution in [-0.4, -0.2) is 39.9 Å². The Morgan fingerprint density at radius 2 is 1.63 bits per heavy atom. The van der Waals surface area contributed by atoms with E-state index >= 15 is 0 Å². The van der Waals surface area contributed by atoms with Gasteiger partial charge in [-0.2, -0.15) is 0 Å². The number of aliphatic carboxylic acids is 1. The molecule has 0 aromatic carbocycles. The lowest BCUT2D eigenvalue weighted by Gasteiger charge is -2.27. The number of hydrogen-bond donors (Lipinski definition) is 2. The van der Waals surface area contributed by atoms with E-state index in [1.54, 1.807) is 41.5 Å². The van der Waals surface area contributed by atoms with Crippen molar-refractivity contribution in [2.24, 2.45) is 0 Å². The van der Waals surface area contributed by atoms with Gasteiger partial charge in [0.15, 0.2) is 6.10 Å². The number of hydrogen-bond acceptors (Lipinski definition) is 5. The van der Waals surface area contributed by atoms with Gasteiger partial charge >= 0.3 is 13.8 Å². The van der Waals surface area contributed by atoms with E-state index in [1.807, 2.05) is 0 Å². The molecule has 7 nitrogen and oxygen atoms in total. The van der Waals surface area contributed by atoms with Gasteiger partial charge in [0, 0.05) is 0 Å². The SMILES string of the molecule is CC(C)(C)O[C@@H](COP(=O)(O)OC(C)(C)C)C(=O)O. The van der Waals surface area contributed by atoms with Crippen LogP contribution >= 0.6 is 7.82 Å². The second kappa shape index (κ2) is 6.33. The smallest absolute Gasteiger partial charge is 0.472 e. The summed E-state index contributed by atoms with van der Waals surface area (Å²) in [6, 6.07) is 0. The van der Waals surface area contributed by atoms with Crippen molar-refractivity contribution in [1.82, 2.24) is 0 Å². The van der Waals surface area contributed by atoms with Gasteiger partial charge in [-0.1, -0.05) is 0 Å². The minimum Gasteiger partial charge on any atom is -0.479 e. The third-order valence-corrected chi connectivity index (χ3v) is 2.80. The molecule has 19 heavy (non-hydrogen) atoms. The summed E-state index contributed by atoms with van der Waals surface area (Å²) in [7, 11) is -4.32. The lowest BCUT2D eigenvalue weighted by molar-refractivity contribution is -0.163. The predicted octanol–water partition coefficient (Wildman–Crippen LogP) is 2.19. The molecule has 0 aliphatic heterocycles. The molecule has 0 aliphatic carbocycles. The Morgan fingerprint density at radius 3 is 1.95 bits per heavy atom. The van der Waals surface area contributed by atoms with E-state index < -0.39 is 37.7 Å². The second-order valence-corrected chi connectivity index (χ2v) is 7.40. The summed E-state index contributed by atoms with van der Waals surface area (Å²) in [6.45, 7) is 9.20. The van der Waals surface area contributed by atoms with Gasteiger partial charge in [-0.05, 0) is 41.5 Å². The quantitative estimate of drug-likeness (QED) is 0.724. The molecule has 1 unspecified atom stereocenters. The molecule has 114 valence electrons. The number of carbonyl (C=O) groups is 1. The summed E-state index contributed by atoms with van der Waals surface area (Å²) in [6.07, 6.45) is -1.34. The molecule has 0 aromatic rings. The van der Waals surface area contributed by atoms with E-state index in [0.29, 0.717) is 0 Å². The molecule has 0 heterocycles. The third-order valence-electron chi connectivity index (χ3n) is 1.55. The molecule has 0 amide bonds. The molecule has 2 atom stereocenters. The van der Waals surface area contributed by atoms with Gasteiger partial charge in [-0.3, -0.25) is 9.05 Å². The highest BCUT2D eigenvalue weighted by atomic mass is 31.2. The van der Waals surface area contributed by atoms with Gasteiger partial charge in [0.1, 0.15) is 0 Å². The Labute approximate surface area is 113 Å². The molecule has 0 rings (SSSR count). The lowest BCUT2D eigenvalue weighted by Crippen LogP contribution is -2.36. The topological polar surface area (TPSA) is 102 Å². The van der Waals surface area contributed by atoms with Gasteiger partial charge in [-0.15, -0.1) is 0 Å². The standard InChI is InChI=1S/C11H23O7P/c1-10(2,3)17-8(9(12)13)7-16-19(14,15)18-11(4,5)6/h8H,7H2,1-6H3,(H,12,13)(H,14,15)/t8-/m0/s1. The van der Waals surface area contributed by atoms with E-state index in [1.165, 1.54) is 0 Å². The van der Waals surface area contributed by atoms with Crippen LogP contribution in [0.25, 0.3) is 0 Å². The monoisotopic (exact) mass is 298 g/mol. The van der Waals surface area contributed by atoms with Gasteiger partial charge < -0.3 is 14.7 Å². The molecular weight excluding hydrogens is 275 g/mol. The number of phosphoric acid groups is 1. The summed E-state index contributed by atoms with van der Waals surface area (Å²) >= 11 is 0. The molecule has 0 saturated carbocycles. The van der Waals surface area contributed by atoms with Crippen LogP contribution in [0.4, 0.5) is 0 Å². The maximum Gasteiger partial charge on any atom is 0.472 e. The fraction of sp³-hybridized carbons (Fsp3) is 0.909. The zero-order chi connectivity index (χ0) is 15.5. The van der Waals surface area contributed by atoms with Crippen LogP contribution in [0.15, 0.2) is 0 Å². The molecule has 8 heteroatoms. The van der Waals surface area contributed by atoms with Crippen molar-refractivity contribution in [2.45, 2.75) is 58.8 Å². The average molecular weight is 298 g/mol. The molecule has 0 fully saturated rings. The number of ether oxygens (including phenoxy) is 1. The van der Waals surface area contributed by atoms with E-state index in [0.717, 1.165) is 0 Å². The van der Waals surface area contributed by atoms with Crippen LogP contribution < -0.4 is 0 Å². The first kappa shape index (κ1) is 18.5. The van der Waals surface area contributed by atoms with E-state index in [4.69, 9.17) is 14.4 Å². The van der Waals surface area contributed by atoms with Gasteiger partial charge in [-0.25, -0.2) is 9.36 Å². The van der Waals surface area contributed by atoms with Crippen molar-refractivity contribution in [3.05, 3.63) is 0 Å². The molecule has 0 aliphatic rings. The Kier molecular flexibility index (Phi) is 6.17. The maximum absolute atomic E-state index is 11.6. The zero-order valence-corrected chi connectivity index (χ0v) is 13.1. The molecule has 0 saturated heterocycles. The van der Waals surface area contributed by atoms with Crippen molar-refractivity contribution >= 4 is 13.8 Å². The zero-order valence-electron chi connectivity index (χ0n) is 12.2. The van der Waals surface area contributed by atoms with Crippen molar-refractivity contribution in [3.8, 4) is 0 Å². The van der Waals surface area contributed by atoms with Crippen LogP contribution in [0.5, 0.6) is 0 Å². The Bertz CT molecular complexity index is 353. The van der Waals surface area contributed by atoms with Crippen LogP contribution in [0.1, 0.15) is 41.5 Å². The highest BCUT2D eigenvalue weighted by Gasteiger charge is 2.33. The molecule has 0 aromatic heterocycles. The number of carboxylic acids is 1. The van der Waals surface area contributed by atoms with Crippen LogP contribution in [-0.2, 0) is 23.1 Å². The molecule has 2 N–H and O–H groups in total. The van der Waals surface area contributed by atoms with Crippen molar-refractivity contribution in [2.75, 3.05) is 6.61 Å². The van der Waals surface area contributed by atoms with Crippen LogP contribution in [0.2, 0.25) is 0 Å². The average Bonchev–Trinajstić information content (AvgIpc) is 2.05. The molecule has 0 radical (unpaired) electrons. The van der Waals surface area contributed by atoms with E-state index in [9.17, 15) is 14.3 Å². The largest absolute Gasteiger partial charge is 0.479 e. The first-order chi connectivity index (χ1) is 8.22. The van der Waals surface area contributed by atoms with Crippen LogP contribution in [0.3, 0.4) is 0 Å². The summed E-state index contributed by atoms with van der Waals surface area (Å²) in [5, 5.41) is 8.95. The molecular formula is C11H23O7P. The van der Waals surface area contributed by atoms with Gasteiger partial charge in [0.05, 0.1) is 17.8 Å². The molecule has 0 spiro atoms. The Morgan fingerprint density at radius 1 is 1.16 bits per heavy atom. The lowest BCUT2D eigenvalue weighted by atomic mass is 10.2. The predicted molar refractivity (Wildman–Crippen MR) is 68.9 cm³/mol. The fourth-order valence-electron chi connectivity index (χ4n) is 1.12. The van der Waals surface area contributed by atoms with Crippen molar-refractivity contribution < 1.29 is 33.1 Å². The number of phosphoric ester groups is 1. The number of carboxylic acid groups (broad SMARTS) is 1. The highest BCUT2D eigenvalue weighted by molar-refractivity contribution is 7.47. The van der Waals surface area contributed by atoms with Crippen LogP contribution in [0, 0.1) is 0 Å². The summed E-state index contributed by atoms with van der Waals surface area (Å²) < 4.78 is 26.3. The minimum absolute atomic E-state index is 0.573. The second-order valence-electron chi connectivity index (χ2n) is 6.03. The van der Waals surface area contributed by atoms with E-state index in [-0.39, 0.29) is 0 Å². The summed E-state index contributed by atoms with van der Waals surface area (Å²) in [5.74, 6) is -1.27. The van der Waals surface area contributed by atoms with E-state index in [2.05, 4.69) is 4.52 Å². The summed E-state index contributed by atoms with van der Waals surface area (Å²) in [5.41, 5.74) is -1.59. The highest BCUT2D eigenvalue weighted by Crippen LogP contribution is 2.47. The molecule has 0 bridgehead atoms. The normalized spacial score (nSPS) is 17.8. The van der Waals surface area contributed by atoms with Gasteiger partial charge in [0.25, 0.3) is 0 Å². The van der Waals surface area contributed by atoms with Crippen molar-refractivity contribution in [1.29, 1.82) is 0 Å². The van der Waals surface area contributed by atoms with Crippen molar-refractivity contribution in [3.63, 3.8) is 0 Å².